The van der Waals surface area contributed by atoms with Gasteiger partial charge in [0.1, 0.15) is 10.6 Å². The van der Waals surface area contributed by atoms with Crippen LogP contribution in [0.1, 0.15) is 9.67 Å². The zero-order valence-corrected chi connectivity index (χ0v) is 18.0. The molecule has 0 fully saturated rings. The molecule has 0 spiro atoms. The molecule has 0 radical (unpaired) electrons. The second-order valence-corrected chi connectivity index (χ2v) is 8.19. The molecule has 0 aliphatic carbocycles. The fraction of sp³-hybridized carbons (Fsp3) is 0.111. The minimum absolute atomic E-state index is 0.133. The summed E-state index contributed by atoms with van der Waals surface area (Å²) in [7, 11) is 1.46. The van der Waals surface area contributed by atoms with E-state index in [1.807, 2.05) is 0 Å². The lowest BCUT2D eigenvalue weighted by molar-refractivity contribution is -0.119. The number of ether oxygens (including phenoxy) is 2. The van der Waals surface area contributed by atoms with Crippen molar-refractivity contribution in [3.05, 3.63) is 55.3 Å². The van der Waals surface area contributed by atoms with E-state index in [0.29, 0.717) is 36.6 Å². The standard InChI is InChI=1S/C18H11Cl4NO4S/c1-26-12-3-2-8(19)5-11(12)23-14(24)7-27-18(25)17-16(22)15-10(21)4-9(20)6-13(15)28-17/h2-6H,7H2,1H3,(H,23,24). The van der Waals surface area contributed by atoms with Crippen LogP contribution in [-0.4, -0.2) is 25.6 Å². The third-order valence-corrected chi connectivity index (χ3v) is 5.96. The molecule has 0 bridgehead atoms. The molecule has 5 nitrogen and oxygen atoms in total. The SMILES string of the molecule is COc1ccc(Cl)cc1NC(=O)COC(=O)c1sc2cc(Cl)cc(Cl)c2c1Cl. The number of hydrogen-bond acceptors (Lipinski definition) is 5. The van der Waals surface area contributed by atoms with Gasteiger partial charge in [0.25, 0.3) is 5.91 Å². The highest BCUT2D eigenvalue weighted by atomic mass is 35.5. The van der Waals surface area contributed by atoms with E-state index in [9.17, 15) is 9.59 Å². The first kappa shape index (κ1) is 21.0. The Kier molecular flexibility index (Phi) is 6.58. The van der Waals surface area contributed by atoms with Crippen LogP contribution in [0.5, 0.6) is 5.75 Å². The molecule has 0 unspecified atom stereocenters. The molecule has 0 saturated heterocycles. The largest absolute Gasteiger partial charge is 0.495 e. The molecule has 2 aromatic carbocycles. The minimum atomic E-state index is -0.744. The smallest absolute Gasteiger partial charge is 0.350 e. The molecule has 28 heavy (non-hydrogen) atoms. The number of benzene rings is 2. The van der Waals surface area contributed by atoms with Crippen LogP contribution in [0.2, 0.25) is 20.1 Å². The van der Waals surface area contributed by atoms with Crippen LogP contribution in [0.3, 0.4) is 0 Å². The number of carbonyl (C=O) groups excluding carboxylic acids is 2. The first-order chi connectivity index (χ1) is 13.3. The van der Waals surface area contributed by atoms with Crippen LogP contribution in [0, 0.1) is 0 Å². The second-order valence-electron chi connectivity index (χ2n) is 5.47. The molecule has 0 aliphatic heterocycles. The molecule has 10 heteroatoms. The molecule has 0 aliphatic rings. The first-order valence-electron chi connectivity index (χ1n) is 7.67. The quantitative estimate of drug-likeness (QED) is 0.436. The summed E-state index contributed by atoms with van der Waals surface area (Å²) in [4.78, 5) is 24.6. The zero-order chi connectivity index (χ0) is 20.4. The summed E-state index contributed by atoms with van der Waals surface area (Å²) in [6.07, 6.45) is 0. The van der Waals surface area contributed by atoms with Crippen molar-refractivity contribution in [2.24, 2.45) is 0 Å². The Bertz CT molecular complexity index is 1080. The summed E-state index contributed by atoms with van der Waals surface area (Å²) in [5.74, 6) is -0.887. The van der Waals surface area contributed by atoms with E-state index in [2.05, 4.69) is 5.32 Å². The fourth-order valence-corrected chi connectivity index (χ4v) is 4.84. The summed E-state index contributed by atoms with van der Waals surface area (Å²) in [6, 6.07) is 7.93. The van der Waals surface area contributed by atoms with Gasteiger partial charge >= 0.3 is 5.97 Å². The third kappa shape index (κ3) is 4.47. The molecule has 0 atom stereocenters. The lowest BCUT2D eigenvalue weighted by atomic mass is 10.2. The van der Waals surface area contributed by atoms with Crippen molar-refractivity contribution < 1.29 is 19.1 Å². The highest BCUT2D eigenvalue weighted by Gasteiger charge is 2.21. The number of amides is 1. The number of carbonyl (C=O) groups is 2. The Morgan fingerprint density at radius 3 is 2.54 bits per heavy atom. The normalized spacial score (nSPS) is 10.8. The molecule has 146 valence electrons. The molecule has 1 amide bonds. The van der Waals surface area contributed by atoms with Gasteiger partial charge in [-0.1, -0.05) is 46.4 Å². The van der Waals surface area contributed by atoms with Crippen molar-refractivity contribution in [1.82, 2.24) is 0 Å². The van der Waals surface area contributed by atoms with Crippen LogP contribution < -0.4 is 10.1 Å². The lowest BCUT2D eigenvalue weighted by Crippen LogP contribution is -2.21. The maximum absolute atomic E-state index is 12.4. The van der Waals surface area contributed by atoms with Gasteiger partial charge in [-0.05, 0) is 30.3 Å². The summed E-state index contributed by atoms with van der Waals surface area (Å²) < 4.78 is 10.9. The van der Waals surface area contributed by atoms with Crippen molar-refractivity contribution >= 4 is 85.4 Å². The molecule has 1 N–H and O–H groups in total. The van der Waals surface area contributed by atoms with Gasteiger partial charge in [0.15, 0.2) is 6.61 Å². The van der Waals surface area contributed by atoms with E-state index < -0.39 is 18.5 Å². The predicted molar refractivity (Wildman–Crippen MR) is 114 cm³/mol. The number of esters is 1. The van der Waals surface area contributed by atoms with Crippen LogP contribution in [0.4, 0.5) is 5.69 Å². The summed E-state index contributed by atoms with van der Waals surface area (Å²) in [6.45, 7) is -0.520. The van der Waals surface area contributed by atoms with Gasteiger partial charge in [-0.3, -0.25) is 4.79 Å². The van der Waals surface area contributed by atoms with Crippen molar-refractivity contribution in [1.29, 1.82) is 0 Å². The van der Waals surface area contributed by atoms with Crippen molar-refractivity contribution in [2.75, 3.05) is 19.0 Å². The number of rotatable bonds is 5. The Morgan fingerprint density at radius 2 is 1.82 bits per heavy atom. The summed E-state index contributed by atoms with van der Waals surface area (Å²) in [5, 5.41) is 4.41. The predicted octanol–water partition coefficient (Wildman–Crippen LogP) is 6.32. The van der Waals surface area contributed by atoms with Gasteiger partial charge in [-0.25, -0.2) is 4.79 Å². The van der Waals surface area contributed by atoms with Crippen molar-refractivity contribution in [3.8, 4) is 5.75 Å². The molecule has 0 saturated carbocycles. The molecular formula is C18H11Cl4NO4S. The Labute approximate surface area is 184 Å². The maximum atomic E-state index is 12.4. The summed E-state index contributed by atoms with van der Waals surface area (Å²) >= 11 is 25.4. The lowest BCUT2D eigenvalue weighted by Gasteiger charge is -2.10. The van der Waals surface area contributed by atoms with E-state index in [4.69, 9.17) is 55.9 Å². The topological polar surface area (TPSA) is 64.6 Å². The Balaban J connectivity index is 1.72. The van der Waals surface area contributed by atoms with Gasteiger partial charge in [-0.15, -0.1) is 11.3 Å². The maximum Gasteiger partial charge on any atom is 0.350 e. The summed E-state index contributed by atoms with van der Waals surface area (Å²) in [5.41, 5.74) is 0.359. The van der Waals surface area contributed by atoms with Gasteiger partial charge in [0.2, 0.25) is 0 Å². The molecular weight excluding hydrogens is 468 g/mol. The van der Waals surface area contributed by atoms with Crippen molar-refractivity contribution in [2.45, 2.75) is 0 Å². The van der Waals surface area contributed by atoms with Gasteiger partial charge in [-0.2, -0.15) is 0 Å². The highest BCUT2D eigenvalue weighted by molar-refractivity contribution is 7.21. The molecule has 1 heterocycles. The number of halogens is 4. The first-order valence-corrected chi connectivity index (χ1v) is 10.0. The van der Waals surface area contributed by atoms with E-state index in [1.165, 1.54) is 19.2 Å². The van der Waals surface area contributed by atoms with E-state index in [0.717, 1.165) is 11.3 Å². The highest BCUT2D eigenvalue weighted by Crippen LogP contribution is 2.41. The monoisotopic (exact) mass is 477 g/mol. The van der Waals surface area contributed by atoms with Crippen molar-refractivity contribution in [3.63, 3.8) is 0 Å². The van der Waals surface area contributed by atoms with Gasteiger partial charge in [0.05, 0.1) is 22.8 Å². The number of thiophene rings is 1. The van der Waals surface area contributed by atoms with Gasteiger partial charge in [0, 0.05) is 20.1 Å². The third-order valence-electron chi connectivity index (χ3n) is 3.61. The second kappa shape index (κ2) is 8.76. The average Bonchev–Trinajstić information content (AvgIpc) is 2.96. The number of hydrogen-bond donors (Lipinski definition) is 1. The van der Waals surface area contributed by atoms with Crippen LogP contribution in [0.15, 0.2) is 30.3 Å². The average molecular weight is 479 g/mol. The van der Waals surface area contributed by atoms with Crippen LogP contribution in [0.25, 0.3) is 10.1 Å². The molecule has 3 rings (SSSR count). The molecule has 3 aromatic rings. The Morgan fingerprint density at radius 1 is 1.07 bits per heavy atom. The number of nitrogens with one attached hydrogen (secondary N) is 1. The zero-order valence-electron chi connectivity index (χ0n) is 14.1. The number of fused-ring (bicyclic) bond motifs is 1. The molecule has 1 aromatic heterocycles. The minimum Gasteiger partial charge on any atom is -0.495 e. The van der Waals surface area contributed by atoms with Crippen LogP contribution in [-0.2, 0) is 9.53 Å². The van der Waals surface area contributed by atoms with Crippen LogP contribution >= 0.6 is 57.7 Å². The van der Waals surface area contributed by atoms with E-state index in [-0.39, 0.29) is 9.90 Å². The van der Waals surface area contributed by atoms with E-state index >= 15 is 0 Å². The Hall–Kier alpha value is -1.70. The fourth-order valence-electron chi connectivity index (χ4n) is 2.40. The van der Waals surface area contributed by atoms with E-state index in [1.54, 1.807) is 18.2 Å². The number of anilines is 1. The van der Waals surface area contributed by atoms with Gasteiger partial charge < -0.3 is 14.8 Å². The number of methoxy groups -OCH3 is 1.